The lowest BCUT2D eigenvalue weighted by atomic mass is 9.59. The minimum atomic E-state index is 0.0515. The molecular weight excluding hydrogens is 242 g/mol. The van der Waals surface area contributed by atoms with E-state index in [1.165, 1.54) is 36.1 Å². The van der Waals surface area contributed by atoms with Gasteiger partial charge < -0.3 is 4.90 Å². The van der Waals surface area contributed by atoms with Crippen molar-refractivity contribution in [3.63, 3.8) is 0 Å². The molecule has 1 saturated carbocycles. The Morgan fingerprint density at radius 1 is 1.33 bits per heavy atom. The molecule has 2 atom stereocenters. The highest BCUT2D eigenvalue weighted by atomic mass is 32.1. The first-order valence-electron chi connectivity index (χ1n) is 7.05. The maximum atomic E-state index is 12.4. The Morgan fingerprint density at radius 3 is 3.06 bits per heavy atom. The summed E-state index contributed by atoms with van der Waals surface area (Å²) in [7, 11) is 0. The maximum Gasteiger partial charge on any atom is 0.223 e. The molecule has 0 unspecified atom stereocenters. The smallest absolute Gasteiger partial charge is 0.223 e. The Morgan fingerprint density at radius 2 is 2.17 bits per heavy atom. The van der Waals surface area contributed by atoms with Crippen LogP contribution in [0, 0.1) is 5.41 Å². The molecule has 0 N–H and O–H groups in total. The van der Waals surface area contributed by atoms with Gasteiger partial charge in [-0.05, 0) is 36.3 Å². The lowest BCUT2D eigenvalue weighted by Gasteiger charge is -2.53. The van der Waals surface area contributed by atoms with E-state index in [4.69, 9.17) is 0 Å². The van der Waals surface area contributed by atoms with Crippen LogP contribution in [0.2, 0.25) is 0 Å². The third kappa shape index (κ3) is 1.08. The van der Waals surface area contributed by atoms with Crippen molar-refractivity contribution in [3.05, 3.63) is 21.9 Å². The van der Waals surface area contributed by atoms with Crippen LogP contribution in [-0.4, -0.2) is 17.4 Å². The van der Waals surface area contributed by atoms with Crippen molar-refractivity contribution in [3.8, 4) is 0 Å². The van der Waals surface area contributed by atoms with E-state index in [0.717, 1.165) is 19.4 Å². The highest BCUT2D eigenvalue weighted by Gasteiger charge is 2.63. The number of carbonyl (C=O) groups excluding carboxylic acids is 1. The Kier molecular flexibility index (Phi) is 2.07. The molecule has 1 aromatic rings. The number of rotatable bonds is 0. The fraction of sp³-hybridized carbons (Fsp3) is 0.667. The van der Waals surface area contributed by atoms with E-state index in [9.17, 15) is 4.79 Å². The fourth-order valence-electron chi connectivity index (χ4n) is 4.78. The van der Waals surface area contributed by atoms with Gasteiger partial charge >= 0.3 is 0 Å². The second-order valence-electron chi connectivity index (χ2n) is 6.36. The van der Waals surface area contributed by atoms with E-state index in [1.807, 2.05) is 11.3 Å². The SMILES string of the molecule is C[C@@]12CCCC[C@]13c1ccsc1CCN3C(=O)C2. The predicted molar refractivity (Wildman–Crippen MR) is 72.6 cm³/mol. The normalized spacial score (nSPS) is 38.3. The molecule has 1 aromatic heterocycles. The number of amides is 1. The number of hydrogen-bond acceptors (Lipinski definition) is 2. The van der Waals surface area contributed by atoms with E-state index >= 15 is 0 Å². The number of fused-ring (bicyclic) bond motifs is 1. The molecule has 0 aromatic carbocycles. The molecule has 18 heavy (non-hydrogen) atoms. The minimum Gasteiger partial charge on any atom is -0.332 e. The summed E-state index contributed by atoms with van der Waals surface area (Å²) >= 11 is 1.89. The molecule has 0 bridgehead atoms. The summed E-state index contributed by atoms with van der Waals surface area (Å²) in [6.45, 7) is 3.30. The Balaban J connectivity index is 1.98. The van der Waals surface area contributed by atoms with E-state index in [2.05, 4.69) is 23.3 Å². The van der Waals surface area contributed by atoms with Crippen molar-refractivity contribution in [2.24, 2.45) is 5.41 Å². The zero-order valence-corrected chi connectivity index (χ0v) is 11.7. The van der Waals surface area contributed by atoms with Gasteiger partial charge in [0.2, 0.25) is 5.91 Å². The average Bonchev–Trinajstić information content (AvgIpc) is 2.89. The summed E-state index contributed by atoms with van der Waals surface area (Å²) in [5.74, 6) is 0.399. The van der Waals surface area contributed by atoms with Crippen LogP contribution in [-0.2, 0) is 16.8 Å². The monoisotopic (exact) mass is 261 g/mol. The average molecular weight is 261 g/mol. The number of nitrogens with zero attached hydrogens (tertiary/aromatic N) is 1. The van der Waals surface area contributed by atoms with Crippen molar-refractivity contribution in [2.45, 2.75) is 51.0 Å². The number of hydrogen-bond donors (Lipinski definition) is 0. The quantitative estimate of drug-likeness (QED) is 0.701. The van der Waals surface area contributed by atoms with E-state index in [-0.39, 0.29) is 11.0 Å². The number of thiophene rings is 1. The first kappa shape index (κ1) is 11.0. The molecular formula is C15H19NOS. The summed E-state index contributed by atoms with van der Waals surface area (Å²) in [5, 5.41) is 2.22. The predicted octanol–water partition coefficient (Wildman–Crippen LogP) is 3.31. The Labute approximate surface area is 112 Å². The molecule has 1 aliphatic carbocycles. The van der Waals surface area contributed by atoms with Gasteiger partial charge in [-0.25, -0.2) is 0 Å². The van der Waals surface area contributed by atoms with E-state index < -0.39 is 0 Å². The highest BCUT2D eigenvalue weighted by molar-refractivity contribution is 7.10. The van der Waals surface area contributed by atoms with Crippen LogP contribution in [0.5, 0.6) is 0 Å². The molecule has 3 aliphatic rings. The van der Waals surface area contributed by atoms with Crippen molar-refractivity contribution in [2.75, 3.05) is 6.54 Å². The highest BCUT2D eigenvalue weighted by Crippen LogP contribution is 2.62. The molecule has 0 radical (unpaired) electrons. The van der Waals surface area contributed by atoms with Crippen LogP contribution < -0.4 is 0 Å². The lowest BCUT2D eigenvalue weighted by molar-refractivity contribution is -0.133. The molecule has 1 saturated heterocycles. The molecule has 4 rings (SSSR count). The maximum absolute atomic E-state index is 12.4. The third-order valence-corrected chi connectivity index (χ3v) is 6.55. The van der Waals surface area contributed by atoms with Crippen LogP contribution in [0.15, 0.2) is 11.4 Å². The Hall–Kier alpha value is -0.830. The van der Waals surface area contributed by atoms with Crippen molar-refractivity contribution in [1.82, 2.24) is 4.90 Å². The fourth-order valence-corrected chi connectivity index (χ4v) is 5.72. The molecule has 1 spiro atoms. The van der Waals surface area contributed by atoms with Gasteiger partial charge in [-0.15, -0.1) is 11.3 Å². The molecule has 2 nitrogen and oxygen atoms in total. The first-order chi connectivity index (χ1) is 8.67. The van der Waals surface area contributed by atoms with Gasteiger partial charge in [0.05, 0.1) is 5.54 Å². The minimum absolute atomic E-state index is 0.0515. The summed E-state index contributed by atoms with van der Waals surface area (Å²) in [6, 6.07) is 2.30. The van der Waals surface area contributed by atoms with Gasteiger partial charge in [-0.2, -0.15) is 0 Å². The summed E-state index contributed by atoms with van der Waals surface area (Å²) in [5.41, 5.74) is 1.72. The van der Waals surface area contributed by atoms with Crippen LogP contribution in [0.25, 0.3) is 0 Å². The van der Waals surface area contributed by atoms with Crippen molar-refractivity contribution < 1.29 is 4.79 Å². The second-order valence-corrected chi connectivity index (χ2v) is 7.36. The number of carbonyl (C=O) groups is 1. The molecule has 96 valence electrons. The topological polar surface area (TPSA) is 20.3 Å². The first-order valence-corrected chi connectivity index (χ1v) is 7.93. The molecule has 1 amide bonds. The van der Waals surface area contributed by atoms with Gasteiger partial charge in [0.15, 0.2) is 0 Å². The van der Waals surface area contributed by atoms with Gasteiger partial charge in [0.1, 0.15) is 0 Å². The zero-order valence-electron chi connectivity index (χ0n) is 10.9. The molecule has 2 aliphatic heterocycles. The summed E-state index contributed by atoms with van der Waals surface area (Å²) in [4.78, 5) is 16.2. The van der Waals surface area contributed by atoms with E-state index in [1.54, 1.807) is 0 Å². The molecule has 3 heteroatoms. The van der Waals surface area contributed by atoms with Crippen molar-refractivity contribution >= 4 is 17.2 Å². The van der Waals surface area contributed by atoms with Crippen LogP contribution in [0.4, 0.5) is 0 Å². The molecule has 3 heterocycles. The van der Waals surface area contributed by atoms with E-state index in [0.29, 0.717) is 5.91 Å². The van der Waals surface area contributed by atoms with Crippen molar-refractivity contribution in [1.29, 1.82) is 0 Å². The summed E-state index contributed by atoms with van der Waals surface area (Å²) < 4.78 is 0. The second kappa shape index (κ2) is 3.38. The third-order valence-electron chi connectivity index (χ3n) is 5.57. The van der Waals surface area contributed by atoms with Gasteiger partial charge in [0.25, 0.3) is 0 Å². The van der Waals surface area contributed by atoms with Gasteiger partial charge in [-0.1, -0.05) is 19.8 Å². The molecule has 2 fully saturated rings. The van der Waals surface area contributed by atoms with Gasteiger partial charge in [-0.3, -0.25) is 4.79 Å². The van der Waals surface area contributed by atoms with Crippen LogP contribution in [0.3, 0.4) is 0 Å². The Bertz CT molecular complexity index is 522. The zero-order chi connectivity index (χ0) is 12.4. The van der Waals surface area contributed by atoms with Crippen LogP contribution in [0.1, 0.15) is 49.5 Å². The van der Waals surface area contributed by atoms with Gasteiger partial charge in [0, 0.05) is 23.3 Å². The summed E-state index contributed by atoms with van der Waals surface area (Å²) in [6.07, 6.45) is 6.79. The largest absolute Gasteiger partial charge is 0.332 e. The standard InChI is InChI=1S/C15H19NOS/c1-14-6-2-3-7-15(14)11-5-9-18-12(11)4-8-16(15)13(17)10-14/h5,9H,2-4,6-8,10H2,1H3/t14-,15-/m0/s1. The lowest BCUT2D eigenvalue weighted by Crippen LogP contribution is -2.55. The van der Waals surface area contributed by atoms with Crippen LogP contribution >= 0.6 is 11.3 Å².